The normalized spacial score (nSPS) is 11.9. The van der Waals surface area contributed by atoms with Crippen molar-refractivity contribution in [3.8, 4) is 0 Å². The zero-order chi connectivity index (χ0) is 14.4. The van der Waals surface area contributed by atoms with Crippen molar-refractivity contribution in [2.24, 2.45) is 0 Å². The van der Waals surface area contributed by atoms with Gasteiger partial charge in [-0.15, -0.1) is 0 Å². The maximum absolute atomic E-state index is 11.0. The van der Waals surface area contributed by atoms with Crippen LogP contribution in [0.3, 0.4) is 0 Å². The monoisotopic (exact) mass is 326 g/mol. The van der Waals surface area contributed by atoms with Gasteiger partial charge in [-0.1, -0.05) is 102 Å². The highest BCUT2D eigenvalue weighted by molar-refractivity contribution is 8.79. The molecule has 2 nitrogen and oxygen atoms in total. The van der Waals surface area contributed by atoms with Crippen molar-refractivity contribution >= 4 is 30.3 Å². The molecule has 0 amide bonds. The Labute approximate surface area is 130 Å². The zero-order valence-electron chi connectivity index (χ0n) is 12.4. The van der Waals surface area contributed by atoms with Gasteiger partial charge in [0.05, 0.1) is 6.61 Å². The molecule has 116 valence electrons. The van der Waals surface area contributed by atoms with Gasteiger partial charge in [-0.05, 0) is 6.42 Å². The Bertz CT molecular complexity index is 231. The largest absolute Gasteiger partial charge is 0.314 e. The molecule has 0 rings (SSSR count). The van der Waals surface area contributed by atoms with E-state index < -0.39 is 5.77 Å². The summed E-state index contributed by atoms with van der Waals surface area (Å²) in [5, 5.41) is 0. The van der Waals surface area contributed by atoms with E-state index in [1.165, 1.54) is 64.2 Å². The Kier molecular flexibility index (Phi) is 14.5. The molecule has 0 atom stereocenters. The van der Waals surface area contributed by atoms with E-state index in [0.29, 0.717) is 6.61 Å². The third kappa shape index (κ3) is 18.9. The molecule has 0 aliphatic rings. The molecule has 0 unspecified atom stereocenters. The minimum Gasteiger partial charge on any atom is -0.314 e. The maximum Gasteiger partial charge on any atom is 0.307 e. The molecular formula is C14H31O2PS2. The smallest absolute Gasteiger partial charge is 0.307 e. The molecule has 0 spiro atoms. The average molecular weight is 327 g/mol. The van der Waals surface area contributed by atoms with Gasteiger partial charge in [0.1, 0.15) is 0 Å². The molecular weight excluding hydrogens is 295 g/mol. The summed E-state index contributed by atoms with van der Waals surface area (Å²) < 4.78 is 16.0. The van der Waals surface area contributed by atoms with Gasteiger partial charge in [-0.25, -0.2) is 0 Å². The first-order chi connectivity index (χ1) is 9.06. The Hall–Kier alpha value is 0.890. The topological polar surface area (TPSA) is 26.3 Å². The second kappa shape index (κ2) is 13.9. The summed E-state index contributed by atoms with van der Waals surface area (Å²) in [7, 11) is 0. The molecule has 5 heteroatoms. The third-order valence-corrected chi connectivity index (χ3v) is 4.47. The summed E-state index contributed by atoms with van der Waals surface area (Å²) >= 11 is 7.53. The first kappa shape index (κ1) is 19.9. The van der Waals surface area contributed by atoms with E-state index in [4.69, 9.17) is 4.52 Å². The minimum atomic E-state index is -2.86. The standard InChI is InChI=1S/C14H31O2PS2/c1-2-3-4-5-6-7-8-9-10-11-12-13-14-16-17(15,18)19/h2-14H2,1H3,(H2,15,18,19). The van der Waals surface area contributed by atoms with Crippen LogP contribution in [0.25, 0.3) is 0 Å². The van der Waals surface area contributed by atoms with Crippen molar-refractivity contribution < 1.29 is 9.09 Å². The van der Waals surface area contributed by atoms with Crippen LogP contribution in [0, 0.1) is 0 Å². The molecule has 0 aromatic carbocycles. The highest BCUT2D eigenvalue weighted by atomic mass is 33.1. The highest BCUT2D eigenvalue weighted by Crippen LogP contribution is 2.56. The van der Waals surface area contributed by atoms with Gasteiger partial charge >= 0.3 is 5.77 Å². The van der Waals surface area contributed by atoms with E-state index in [9.17, 15) is 4.57 Å². The maximum atomic E-state index is 11.0. The molecule has 0 heterocycles. The molecule has 0 bridgehead atoms. The molecule has 0 aliphatic carbocycles. The Morgan fingerprint density at radius 2 is 1.11 bits per heavy atom. The van der Waals surface area contributed by atoms with Gasteiger partial charge in [0.2, 0.25) is 0 Å². The quantitative estimate of drug-likeness (QED) is 0.212. The average Bonchev–Trinajstić information content (AvgIpc) is 2.34. The van der Waals surface area contributed by atoms with Crippen LogP contribution in [0.2, 0.25) is 0 Å². The number of hydrogen-bond acceptors (Lipinski definition) is 2. The molecule has 0 N–H and O–H groups in total. The lowest BCUT2D eigenvalue weighted by Crippen LogP contribution is -1.88. The van der Waals surface area contributed by atoms with Crippen LogP contribution < -0.4 is 0 Å². The fourth-order valence-corrected chi connectivity index (χ4v) is 2.98. The van der Waals surface area contributed by atoms with Crippen LogP contribution in [-0.4, -0.2) is 6.61 Å². The van der Waals surface area contributed by atoms with Gasteiger partial charge in [0, 0.05) is 0 Å². The second-order valence-corrected chi connectivity index (χ2v) is 10.6. The van der Waals surface area contributed by atoms with Crippen molar-refractivity contribution in [1.82, 2.24) is 0 Å². The summed E-state index contributed by atoms with van der Waals surface area (Å²) in [5.74, 6) is -2.86. The van der Waals surface area contributed by atoms with Gasteiger partial charge < -0.3 is 4.52 Å². The summed E-state index contributed by atoms with van der Waals surface area (Å²) in [6.07, 6.45) is 15.8. The second-order valence-electron chi connectivity index (χ2n) is 5.21. The molecule has 0 aliphatic heterocycles. The van der Waals surface area contributed by atoms with Crippen molar-refractivity contribution in [1.29, 1.82) is 0 Å². The number of hydrogen-bond donors (Lipinski definition) is 2. The third-order valence-electron chi connectivity index (χ3n) is 3.26. The van der Waals surface area contributed by atoms with Crippen molar-refractivity contribution in [2.75, 3.05) is 6.61 Å². The summed E-state index contributed by atoms with van der Waals surface area (Å²) in [4.78, 5) is 0. The molecule has 0 radical (unpaired) electrons. The predicted molar refractivity (Wildman–Crippen MR) is 92.6 cm³/mol. The first-order valence-electron chi connectivity index (χ1n) is 7.76. The van der Waals surface area contributed by atoms with E-state index in [-0.39, 0.29) is 0 Å². The molecule has 0 saturated heterocycles. The van der Waals surface area contributed by atoms with Crippen LogP contribution >= 0.6 is 30.3 Å². The molecule has 0 aromatic heterocycles. The van der Waals surface area contributed by atoms with Gasteiger partial charge in [0.15, 0.2) is 0 Å². The fraction of sp³-hybridized carbons (Fsp3) is 1.00. The number of rotatable bonds is 14. The number of thiol groups is 2. The fourth-order valence-electron chi connectivity index (χ4n) is 2.13. The predicted octanol–water partition coefficient (Wildman–Crippen LogP) is 6.67. The van der Waals surface area contributed by atoms with Crippen LogP contribution in [-0.2, 0) is 9.09 Å². The highest BCUT2D eigenvalue weighted by Gasteiger charge is 2.08. The molecule has 0 fully saturated rings. The minimum absolute atomic E-state index is 0.516. The lowest BCUT2D eigenvalue weighted by Gasteiger charge is -2.06. The molecule has 19 heavy (non-hydrogen) atoms. The van der Waals surface area contributed by atoms with Crippen molar-refractivity contribution in [3.63, 3.8) is 0 Å². The lowest BCUT2D eigenvalue weighted by molar-refractivity contribution is 0.322. The molecule has 0 aromatic rings. The SMILES string of the molecule is CCCCCCCCCCCCCCOP(=O)(S)S. The van der Waals surface area contributed by atoms with Gasteiger partial charge in [-0.2, -0.15) is 0 Å². The first-order valence-corrected chi connectivity index (χ1v) is 11.7. The Balaban J connectivity index is 3.01. The van der Waals surface area contributed by atoms with Crippen molar-refractivity contribution in [2.45, 2.75) is 84.0 Å². The summed E-state index contributed by atoms with van der Waals surface area (Å²) in [5.41, 5.74) is 0. The zero-order valence-corrected chi connectivity index (χ0v) is 15.0. The van der Waals surface area contributed by atoms with E-state index in [0.717, 1.165) is 12.8 Å². The van der Waals surface area contributed by atoms with E-state index in [1.807, 2.05) is 0 Å². The lowest BCUT2D eigenvalue weighted by atomic mass is 10.1. The summed E-state index contributed by atoms with van der Waals surface area (Å²) in [6, 6.07) is 0. The van der Waals surface area contributed by atoms with Crippen molar-refractivity contribution in [3.05, 3.63) is 0 Å². The van der Waals surface area contributed by atoms with E-state index in [2.05, 4.69) is 31.4 Å². The van der Waals surface area contributed by atoms with E-state index in [1.54, 1.807) is 0 Å². The van der Waals surface area contributed by atoms with Crippen LogP contribution in [0.5, 0.6) is 0 Å². The van der Waals surface area contributed by atoms with Gasteiger partial charge in [0.25, 0.3) is 0 Å². The Morgan fingerprint density at radius 3 is 1.47 bits per heavy atom. The van der Waals surface area contributed by atoms with Crippen LogP contribution in [0.15, 0.2) is 0 Å². The summed E-state index contributed by atoms with van der Waals surface area (Å²) in [6.45, 7) is 2.78. The Morgan fingerprint density at radius 1 is 0.737 bits per heavy atom. The number of unbranched alkanes of at least 4 members (excludes halogenated alkanes) is 11. The van der Waals surface area contributed by atoms with Crippen LogP contribution in [0.4, 0.5) is 0 Å². The van der Waals surface area contributed by atoms with E-state index >= 15 is 0 Å². The molecule has 0 saturated carbocycles. The van der Waals surface area contributed by atoms with Gasteiger partial charge in [-0.3, -0.25) is 4.57 Å². The van der Waals surface area contributed by atoms with Crippen LogP contribution in [0.1, 0.15) is 84.0 Å².